The minimum absolute atomic E-state index is 0.0931. The van der Waals surface area contributed by atoms with Gasteiger partial charge in [-0.25, -0.2) is 0 Å². The van der Waals surface area contributed by atoms with E-state index in [1.54, 1.807) is 4.68 Å². The van der Waals surface area contributed by atoms with E-state index in [1.807, 2.05) is 37.3 Å². The molecule has 0 saturated carbocycles. The fraction of sp³-hybridized carbons (Fsp3) is 0.353. The third kappa shape index (κ3) is 3.34. The van der Waals surface area contributed by atoms with Gasteiger partial charge in [0.15, 0.2) is 5.82 Å². The number of hydrogen-bond acceptors (Lipinski definition) is 4. The average Bonchev–Trinajstić information content (AvgIpc) is 2.91. The van der Waals surface area contributed by atoms with Crippen LogP contribution in [0.3, 0.4) is 0 Å². The van der Waals surface area contributed by atoms with E-state index in [-0.39, 0.29) is 11.8 Å². The highest BCUT2D eigenvalue weighted by Crippen LogP contribution is 2.27. The molecule has 23 heavy (non-hydrogen) atoms. The second kappa shape index (κ2) is 6.53. The van der Waals surface area contributed by atoms with Gasteiger partial charge < -0.3 is 10.1 Å². The van der Waals surface area contributed by atoms with Gasteiger partial charge in [0.05, 0.1) is 25.0 Å². The van der Waals surface area contributed by atoms with Crippen molar-refractivity contribution in [2.45, 2.75) is 26.3 Å². The smallest absolute Gasteiger partial charge is 0.232 e. The van der Waals surface area contributed by atoms with Gasteiger partial charge >= 0.3 is 0 Å². The van der Waals surface area contributed by atoms with Gasteiger partial charge in [-0.3, -0.25) is 9.48 Å². The van der Waals surface area contributed by atoms with E-state index in [0.29, 0.717) is 31.8 Å². The number of nitriles is 1. The minimum Gasteiger partial charge on any atom is -0.492 e. The highest BCUT2D eigenvalue weighted by Gasteiger charge is 2.26. The fourth-order valence-electron chi connectivity index (χ4n) is 2.68. The predicted octanol–water partition coefficient (Wildman–Crippen LogP) is 2.29. The quantitative estimate of drug-likeness (QED) is 0.939. The molecule has 0 aliphatic carbocycles. The molecule has 1 unspecified atom stereocenters. The maximum absolute atomic E-state index is 12.4. The lowest BCUT2D eigenvalue weighted by atomic mass is 9.96. The van der Waals surface area contributed by atoms with Crippen LogP contribution in [0.25, 0.3) is 0 Å². The summed E-state index contributed by atoms with van der Waals surface area (Å²) in [5.41, 5.74) is 1.97. The average molecular weight is 310 g/mol. The first kappa shape index (κ1) is 15.1. The van der Waals surface area contributed by atoms with Crippen LogP contribution in [-0.4, -0.2) is 22.3 Å². The maximum Gasteiger partial charge on any atom is 0.232 e. The van der Waals surface area contributed by atoms with Gasteiger partial charge in [0.1, 0.15) is 12.4 Å². The SMILES string of the molecule is Cc1cc(NC(=O)C2COc3ccccc3C2)nn1CCC#N. The number of benzene rings is 1. The summed E-state index contributed by atoms with van der Waals surface area (Å²) in [4.78, 5) is 12.4. The molecule has 0 saturated heterocycles. The van der Waals surface area contributed by atoms with E-state index >= 15 is 0 Å². The molecule has 1 aromatic heterocycles. The van der Waals surface area contributed by atoms with Crippen molar-refractivity contribution in [3.63, 3.8) is 0 Å². The number of carbonyl (C=O) groups excluding carboxylic acids is 1. The van der Waals surface area contributed by atoms with E-state index < -0.39 is 0 Å². The van der Waals surface area contributed by atoms with Crippen molar-refractivity contribution in [1.29, 1.82) is 5.26 Å². The summed E-state index contributed by atoms with van der Waals surface area (Å²) in [6.45, 7) is 2.80. The topological polar surface area (TPSA) is 79.9 Å². The Morgan fingerprint density at radius 2 is 2.35 bits per heavy atom. The summed E-state index contributed by atoms with van der Waals surface area (Å²) < 4.78 is 7.38. The third-order valence-corrected chi connectivity index (χ3v) is 3.92. The number of para-hydroxylation sites is 1. The van der Waals surface area contributed by atoms with Crippen LogP contribution in [-0.2, 0) is 17.8 Å². The molecule has 6 heteroatoms. The summed E-state index contributed by atoms with van der Waals surface area (Å²) >= 11 is 0. The lowest BCUT2D eigenvalue weighted by molar-refractivity contribution is -0.121. The van der Waals surface area contributed by atoms with E-state index in [2.05, 4.69) is 16.5 Å². The number of aryl methyl sites for hydroxylation is 2. The van der Waals surface area contributed by atoms with Gasteiger partial charge in [0, 0.05) is 11.8 Å². The van der Waals surface area contributed by atoms with Gasteiger partial charge in [-0.05, 0) is 25.0 Å². The molecule has 2 heterocycles. The Balaban J connectivity index is 1.65. The fourth-order valence-corrected chi connectivity index (χ4v) is 2.68. The summed E-state index contributed by atoms with van der Waals surface area (Å²) in [7, 11) is 0. The molecule has 0 spiro atoms. The second-order valence-corrected chi connectivity index (χ2v) is 5.61. The number of carbonyl (C=O) groups is 1. The molecular formula is C17H18N4O2. The normalized spacial score (nSPS) is 16.1. The summed E-state index contributed by atoms with van der Waals surface area (Å²) in [6.07, 6.45) is 1.05. The zero-order valence-electron chi connectivity index (χ0n) is 13.0. The number of rotatable bonds is 4. The predicted molar refractivity (Wildman–Crippen MR) is 85.0 cm³/mol. The molecule has 6 nitrogen and oxygen atoms in total. The van der Waals surface area contributed by atoms with Crippen molar-refractivity contribution in [2.75, 3.05) is 11.9 Å². The number of anilines is 1. The van der Waals surface area contributed by atoms with Gasteiger partial charge in [0.2, 0.25) is 5.91 Å². The van der Waals surface area contributed by atoms with E-state index in [4.69, 9.17) is 10.00 Å². The number of amides is 1. The van der Waals surface area contributed by atoms with Crippen molar-refractivity contribution >= 4 is 11.7 Å². The Bertz CT molecular complexity index is 760. The molecule has 1 aromatic carbocycles. The number of hydrogen-bond donors (Lipinski definition) is 1. The molecule has 2 aromatic rings. The Morgan fingerprint density at radius 1 is 1.52 bits per heavy atom. The molecule has 0 bridgehead atoms. The van der Waals surface area contributed by atoms with Crippen molar-refractivity contribution in [2.24, 2.45) is 5.92 Å². The molecule has 0 fully saturated rings. The largest absolute Gasteiger partial charge is 0.492 e. The highest BCUT2D eigenvalue weighted by atomic mass is 16.5. The lowest BCUT2D eigenvalue weighted by Gasteiger charge is -2.24. The summed E-state index contributed by atoms with van der Waals surface area (Å²) in [5, 5.41) is 15.8. The number of nitrogens with one attached hydrogen (secondary N) is 1. The van der Waals surface area contributed by atoms with Crippen LogP contribution >= 0.6 is 0 Å². The van der Waals surface area contributed by atoms with E-state index in [1.165, 1.54) is 0 Å². The van der Waals surface area contributed by atoms with Gasteiger partial charge in [-0.15, -0.1) is 0 Å². The van der Waals surface area contributed by atoms with E-state index in [0.717, 1.165) is 17.0 Å². The van der Waals surface area contributed by atoms with Crippen LogP contribution in [0.1, 0.15) is 17.7 Å². The molecule has 1 aliphatic heterocycles. The van der Waals surface area contributed by atoms with Crippen LogP contribution in [0.2, 0.25) is 0 Å². The van der Waals surface area contributed by atoms with Crippen LogP contribution in [0, 0.1) is 24.2 Å². The first-order valence-corrected chi connectivity index (χ1v) is 7.60. The zero-order valence-corrected chi connectivity index (χ0v) is 13.0. The molecule has 1 N–H and O–H groups in total. The van der Waals surface area contributed by atoms with Crippen molar-refractivity contribution in [1.82, 2.24) is 9.78 Å². The van der Waals surface area contributed by atoms with Gasteiger partial charge in [-0.2, -0.15) is 10.4 Å². The Labute approximate surface area is 134 Å². The number of fused-ring (bicyclic) bond motifs is 1. The van der Waals surface area contributed by atoms with Crippen LogP contribution < -0.4 is 10.1 Å². The van der Waals surface area contributed by atoms with Crippen LogP contribution in [0.15, 0.2) is 30.3 Å². The van der Waals surface area contributed by atoms with Crippen LogP contribution in [0.5, 0.6) is 5.75 Å². The van der Waals surface area contributed by atoms with Gasteiger partial charge in [0.25, 0.3) is 0 Å². The molecular weight excluding hydrogens is 292 g/mol. The zero-order chi connectivity index (χ0) is 16.2. The molecule has 0 radical (unpaired) electrons. The van der Waals surface area contributed by atoms with Gasteiger partial charge in [-0.1, -0.05) is 18.2 Å². The van der Waals surface area contributed by atoms with Crippen molar-refractivity contribution < 1.29 is 9.53 Å². The first-order chi connectivity index (χ1) is 11.2. The second-order valence-electron chi connectivity index (χ2n) is 5.61. The number of aromatic nitrogens is 2. The first-order valence-electron chi connectivity index (χ1n) is 7.60. The Morgan fingerprint density at radius 3 is 3.17 bits per heavy atom. The molecule has 1 amide bonds. The molecule has 3 rings (SSSR count). The number of nitrogens with zero attached hydrogens (tertiary/aromatic N) is 3. The maximum atomic E-state index is 12.4. The molecule has 1 atom stereocenters. The standard InChI is InChI=1S/C17H18N4O2/c1-12-9-16(20-21(12)8-4-7-18)19-17(22)14-10-13-5-2-3-6-15(13)23-11-14/h2-3,5-6,9,14H,4,8,10-11H2,1H3,(H,19,20,22). The minimum atomic E-state index is -0.227. The molecule has 1 aliphatic rings. The summed E-state index contributed by atoms with van der Waals surface area (Å²) in [6, 6.07) is 11.7. The number of ether oxygens (including phenoxy) is 1. The Kier molecular flexibility index (Phi) is 4.29. The monoisotopic (exact) mass is 310 g/mol. The highest BCUT2D eigenvalue weighted by molar-refractivity contribution is 5.92. The summed E-state index contributed by atoms with van der Waals surface area (Å²) in [5.74, 6) is 1.05. The van der Waals surface area contributed by atoms with E-state index in [9.17, 15) is 4.79 Å². The van der Waals surface area contributed by atoms with Crippen molar-refractivity contribution in [3.05, 3.63) is 41.6 Å². The van der Waals surface area contributed by atoms with Crippen molar-refractivity contribution in [3.8, 4) is 11.8 Å². The Hall–Kier alpha value is -2.81. The lowest BCUT2D eigenvalue weighted by Crippen LogP contribution is -2.32. The molecule has 118 valence electrons. The van der Waals surface area contributed by atoms with Crippen LogP contribution in [0.4, 0.5) is 5.82 Å². The third-order valence-electron chi connectivity index (χ3n) is 3.92.